The van der Waals surface area contributed by atoms with Gasteiger partial charge in [0.1, 0.15) is 17.1 Å². The van der Waals surface area contributed by atoms with Gasteiger partial charge in [-0.15, -0.1) is 0 Å². The third-order valence-corrected chi connectivity index (χ3v) is 6.57. The lowest BCUT2D eigenvalue weighted by atomic mass is 10.0. The molecule has 0 spiro atoms. The van der Waals surface area contributed by atoms with Gasteiger partial charge in [-0.1, -0.05) is 17.7 Å². The molecule has 0 atom stereocenters. The van der Waals surface area contributed by atoms with E-state index < -0.39 is 5.54 Å². The number of nitrogens with zero attached hydrogens (tertiary/aromatic N) is 4. The molecule has 9 heteroatoms. The molecule has 1 amide bonds. The Labute approximate surface area is 213 Å². The standard InChI is InChI=1S/C26H22ClFN4O2S/c1-26(2)24(33)32(18-5-8-23(29-3)21(27)15-18)25(35)31(26)13-4-14-34-19-6-7-20(22(28)16-19)17-9-11-30-12-10-17/h5-12,15-16H,4,13-14H2,1-2H3. The van der Waals surface area contributed by atoms with Crippen LogP contribution in [0.1, 0.15) is 20.3 Å². The van der Waals surface area contributed by atoms with E-state index in [0.717, 1.165) is 5.56 Å². The first kappa shape index (κ1) is 24.6. The summed E-state index contributed by atoms with van der Waals surface area (Å²) < 4.78 is 20.3. The highest BCUT2D eigenvalue weighted by molar-refractivity contribution is 7.80. The Bertz CT molecular complexity index is 1330. The van der Waals surface area contributed by atoms with Gasteiger partial charge in [-0.3, -0.25) is 14.7 Å². The molecule has 35 heavy (non-hydrogen) atoms. The molecule has 1 saturated heterocycles. The number of hydrogen-bond acceptors (Lipinski definition) is 4. The fourth-order valence-electron chi connectivity index (χ4n) is 3.93. The molecule has 6 nitrogen and oxygen atoms in total. The van der Waals surface area contributed by atoms with Crippen molar-refractivity contribution in [1.82, 2.24) is 9.88 Å². The summed E-state index contributed by atoms with van der Waals surface area (Å²) in [6.45, 7) is 11.6. The third-order valence-electron chi connectivity index (χ3n) is 5.86. The number of rotatable bonds is 7. The van der Waals surface area contributed by atoms with E-state index >= 15 is 0 Å². The minimum Gasteiger partial charge on any atom is -0.493 e. The lowest BCUT2D eigenvalue weighted by Crippen LogP contribution is -2.44. The number of thiocarbonyl (C=S) groups is 1. The molecule has 3 aromatic rings. The Balaban J connectivity index is 1.39. The first-order valence-corrected chi connectivity index (χ1v) is 11.7. The van der Waals surface area contributed by atoms with Gasteiger partial charge in [-0.2, -0.15) is 0 Å². The van der Waals surface area contributed by atoms with Crippen molar-refractivity contribution in [3.8, 4) is 16.9 Å². The van der Waals surface area contributed by atoms with Crippen molar-refractivity contribution in [3.05, 3.63) is 83.2 Å². The number of hydrogen-bond donors (Lipinski definition) is 0. The summed E-state index contributed by atoms with van der Waals surface area (Å²) >= 11 is 11.8. The van der Waals surface area contributed by atoms with Crippen molar-refractivity contribution in [2.75, 3.05) is 18.1 Å². The molecule has 2 heterocycles. The van der Waals surface area contributed by atoms with Gasteiger partial charge in [0.2, 0.25) is 5.69 Å². The highest BCUT2D eigenvalue weighted by atomic mass is 35.5. The van der Waals surface area contributed by atoms with Crippen LogP contribution in [-0.4, -0.2) is 39.6 Å². The van der Waals surface area contributed by atoms with Crippen molar-refractivity contribution in [2.45, 2.75) is 25.8 Å². The van der Waals surface area contributed by atoms with E-state index in [9.17, 15) is 9.18 Å². The van der Waals surface area contributed by atoms with Crippen molar-refractivity contribution in [2.24, 2.45) is 0 Å². The lowest BCUT2D eigenvalue weighted by Gasteiger charge is -2.29. The molecule has 178 valence electrons. The molecule has 1 aliphatic rings. The van der Waals surface area contributed by atoms with E-state index in [0.29, 0.717) is 47.4 Å². The molecule has 1 aromatic heterocycles. The monoisotopic (exact) mass is 508 g/mol. The van der Waals surface area contributed by atoms with E-state index in [1.54, 1.807) is 54.9 Å². The van der Waals surface area contributed by atoms with Crippen LogP contribution in [0.5, 0.6) is 5.75 Å². The number of carbonyl (C=O) groups is 1. The summed E-state index contributed by atoms with van der Waals surface area (Å²) in [7, 11) is 0. The van der Waals surface area contributed by atoms with E-state index in [2.05, 4.69) is 9.83 Å². The summed E-state index contributed by atoms with van der Waals surface area (Å²) in [5, 5.41) is 0.624. The lowest BCUT2D eigenvalue weighted by molar-refractivity contribution is -0.123. The van der Waals surface area contributed by atoms with E-state index in [-0.39, 0.29) is 16.7 Å². The van der Waals surface area contributed by atoms with Crippen LogP contribution in [0.25, 0.3) is 16.0 Å². The normalized spacial score (nSPS) is 14.8. The zero-order chi connectivity index (χ0) is 25.2. The van der Waals surface area contributed by atoms with Crippen LogP contribution in [0, 0.1) is 12.4 Å². The van der Waals surface area contributed by atoms with Gasteiger partial charge in [0.25, 0.3) is 5.91 Å². The number of carbonyl (C=O) groups excluding carboxylic acids is 1. The first-order chi connectivity index (χ1) is 16.7. The summed E-state index contributed by atoms with van der Waals surface area (Å²) in [5.74, 6) is -0.126. The van der Waals surface area contributed by atoms with Crippen LogP contribution in [0.15, 0.2) is 60.9 Å². The molecule has 0 N–H and O–H groups in total. The second-order valence-corrected chi connectivity index (χ2v) is 9.23. The first-order valence-electron chi connectivity index (χ1n) is 10.9. The number of aromatic nitrogens is 1. The molecule has 2 aromatic carbocycles. The number of halogens is 2. The van der Waals surface area contributed by atoms with Gasteiger partial charge in [-0.05, 0) is 74.4 Å². The maximum atomic E-state index is 14.6. The largest absolute Gasteiger partial charge is 0.493 e. The maximum Gasteiger partial charge on any atom is 0.258 e. The maximum absolute atomic E-state index is 14.6. The zero-order valence-electron chi connectivity index (χ0n) is 19.2. The van der Waals surface area contributed by atoms with Gasteiger partial charge in [0, 0.05) is 35.6 Å². The van der Waals surface area contributed by atoms with Crippen LogP contribution in [0.3, 0.4) is 0 Å². The van der Waals surface area contributed by atoms with E-state index in [4.69, 9.17) is 35.1 Å². The number of benzene rings is 2. The third kappa shape index (κ3) is 4.83. The molecule has 1 fully saturated rings. The second kappa shape index (κ2) is 9.98. The smallest absolute Gasteiger partial charge is 0.258 e. The average molecular weight is 509 g/mol. The van der Waals surface area contributed by atoms with Crippen LogP contribution < -0.4 is 9.64 Å². The minimum atomic E-state index is -0.861. The van der Waals surface area contributed by atoms with Crippen molar-refractivity contribution < 1.29 is 13.9 Å². The SMILES string of the molecule is [C-]#[N+]c1ccc(N2C(=O)C(C)(C)N(CCCOc3ccc(-c4ccncc4)c(F)c3)C2=S)cc1Cl. The van der Waals surface area contributed by atoms with Crippen molar-refractivity contribution >= 4 is 46.2 Å². The predicted octanol–water partition coefficient (Wildman–Crippen LogP) is 6.27. The summed E-state index contributed by atoms with van der Waals surface area (Å²) in [6.07, 6.45) is 3.80. The Hall–Kier alpha value is -3.54. The molecule has 0 radical (unpaired) electrons. The molecule has 0 saturated carbocycles. The Morgan fingerprint density at radius 2 is 1.91 bits per heavy atom. The highest BCUT2D eigenvalue weighted by Crippen LogP contribution is 2.36. The Morgan fingerprint density at radius 3 is 2.57 bits per heavy atom. The molecule has 0 aliphatic carbocycles. The van der Waals surface area contributed by atoms with Gasteiger partial charge in [0.15, 0.2) is 5.11 Å². The van der Waals surface area contributed by atoms with Crippen LogP contribution >= 0.6 is 23.8 Å². The zero-order valence-corrected chi connectivity index (χ0v) is 20.7. The van der Waals surface area contributed by atoms with Crippen LogP contribution in [0.2, 0.25) is 5.02 Å². The Morgan fingerprint density at radius 1 is 1.17 bits per heavy atom. The molecule has 4 rings (SSSR count). The summed E-state index contributed by atoms with van der Waals surface area (Å²) in [4.78, 5) is 23.8. The number of amides is 1. The summed E-state index contributed by atoms with van der Waals surface area (Å²) in [6, 6.07) is 13.1. The number of pyridine rings is 1. The van der Waals surface area contributed by atoms with Gasteiger partial charge in [-0.25, -0.2) is 9.24 Å². The fourth-order valence-corrected chi connectivity index (χ4v) is 4.65. The molecule has 0 unspecified atom stereocenters. The molecule has 1 aliphatic heterocycles. The fraction of sp³-hybridized carbons (Fsp3) is 0.231. The van der Waals surface area contributed by atoms with Crippen LogP contribution in [-0.2, 0) is 4.79 Å². The summed E-state index contributed by atoms with van der Waals surface area (Å²) in [5.41, 5.74) is 1.20. The van der Waals surface area contributed by atoms with Crippen molar-refractivity contribution in [1.29, 1.82) is 0 Å². The predicted molar refractivity (Wildman–Crippen MR) is 138 cm³/mol. The number of anilines is 1. The Kier molecular flexibility index (Phi) is 7.01. The number of ether oxygens (including phenoxy) is 1. The highest BCUT2D eigenvalue weighted by Gasteiger charge is 2.49. The molecular formula is C26H22ClFN4O2S. The average Bonchev–Trinajstić information content (AvgIpc) is 3.01. The molecule has 0 bridgehead atoms. The second-order valence-electron chi connectivity index (χ2n) is 8.46. The van der Waals surface area contributed by atoms with E-state index in [1.807, 2.05) is 18.7 Å². The minimum absolute atomic E-state index is 0.177. The van der Waals surface area contributed by atoms with Gasteiger partial charge >= 0.3 is 0 Å². The molecular weight excluding hydrogens is 487 g/mol. The van der Waals surface area contributed by atoms with Gasteiger partial charge < -0.3 is 9.64 Å². The van der Waals surface area contributed by atoms with Gasteiger partial charge in [0.05, 0.1) is 18.9 Å². The van der Waals surface area contributed by atoms with Crippen molar-refractivity contribution in [3.63, 3.8) is 0 Å². The topological polar surface area (TPSA) is 50.0 Å². The van der Waals surface area contributed by atoms with Crippen LogP contribution in [0.4, 0.5) is 15.8 Å². The quantitative estimate of drug-likeness (QED) is 0.214. The van der Waals surface area contributed by atoms with E-state index in [1.165, 1.54) is 11.0 Å².